The molecule has 2 heterocycles. The Morgan fingerprint density at radius 2 is 2.37 bits per heavy atom. The Kier molecular flexibility index (Phi) is 3.71. The van der Waals surface area contributed by atoms with Crippen LogP contribution in [-0.4, -0.2) is 25.5 Å². The minimum Gasteiger partial charge on any atom is -0.369 e. The summed E-state index contributed by atoms with van der Waals surface area (Å²) in [6.45, 7) is 2.22. The number of fused-ring (bicyclic) bond motifs is 1. The van der Waals surface area contributed by atoms with Crippen LogP contribution in [0.2, 0.25) is 0 Å². The highest BCUT2D eigenvalue weighted by molar-refractivity contribution is 9.10. The van der Waals surface area contributed by atoms with E-state index in [1.807, 2.05) is 12.3 Å². The largest absolute Gasteiger partial charge is 0.369 e. The molecule has 4 nitrogen and oxygen atoms in total. The van der Waals surface area contributed by atoms with Gasteiger partial charge in [0.2, 0.25) is 5.95 Å². The topological polar surface area (TPSA) is 56.7 Å². The van der Waals surface area contributed by atoms with Crippen molar-refractivity contribution in [2.24, 2.45) is 0 Å². The molecule has 2 atom stereocenters. The van der Waals surface area contributed by atoms with Crippen molar-refractivity contribution >= 4 is 44.8 Å². The maximum Gasteiger partial charge on any atom is 0.202 e. The lowest BCUT2D eigenvalue weighted by atomic mass is 10.2. The summed E-state index contributed by atoms with van der Waals surface area (Å²) in [5, 5.41) is 0.752. The van der Waals surface area contributed by atoms with Crippen LogP contribution in [0.15, 0.2) is 16.7 Å². The first-order valence-corrected chi connectivity index (χ1v) is 8.43. The molecule has 6 heteroatoms. The van der Waals surface area contributed by atoms with Crippen molar-refractivity contribution in [3.8, 4) is 0 Å². The van der Waals surface area contributed by atoms with Crippen molar-refractivity contribution in [3.63, 3.8) is 0 Å². The Labute approximate surface area is 125 Å². The van der Waals surface area contributed by atoms with Crippen LogP contribution in [0.25, 0.3) is 11.2 Å². The Morgan fingerprint density at radius 1 is 1.53 bits per heavy atom. The third-order valence-corrected chi connectivity index (χ3v) is 5.31. The van der Waals surface area contributed by atoms with Gasteiger partial charge in [-0.25, -0.2) is 9.97 Å². The summed E-state index contributed by atoms with van der Waals surface area (Å²) in [5.74, 6) is 1.77. The second-order valence-electron chi connectivity index (χ2n) is 4.88. The third-order valence-electron chi connectivity index (χ3n) is 3.65. The minimum absolute atomic E-state index is 0.447. The molecule has 1 fully saturated rings. The molecule has 0 bridgehead atoms. The maximum absolute atomic E-state index is 6.09. The van der Waals surface area contributed by atoms with Crippen LogP contribution in [-0.2, 0) is 0 Å². The van der Waals surface area contributed by atoms with Gasteiger partial charge in [0, 0.05) is 22.0 Å². The van der Waals surface area contributed by atoms with Crippen LogP contribution in [0.5, 0.6) is 0 Å². The van der Waals surface area contributed by atoms with Crippen LogP contribution in [0.1, 0.15) is 32.2 Å². The Balaban J connectivity index is 1.95. The fraction of sp³-hybridized carbons (Fsp3) is 0.538. The van der Waals surface area contributed by atoms with Gasteiger partial charge in [0.25, 0.3) is 0 Å². The van der Waals surface area contributed by atoms with Crippen LogP contribution in [0.4, 0.5) is 5.95 Å². The van der Waals surface area contributed by atoms with E-state index in [1.54, 1.807) is 0 Å². The zero-order valence-corrected chi connectivity index (χ0v) is 13.2. The Hall–Kier alpha value is -0.750. The molecule has 0 amide bonds. The van der Waals surface area contributed by atoms with E-state index in [2.05, 4.69) is 49.2 Å². The summed E-state index contributed by atoms with van der Waals surface area (Å²) in [7, 11) is 0. The molecule has 3 rings (SSSR count). The molecule has 0 spiro atoms. The van der Waals surface area contributed by atoms with Gasteiger partial charge in [0.1, 0.15) is 5.52 Å². The average Bonchev–Trinajstić information content (AvgIpc) is 2.92. The van der Waals surface area contributed by atoms with E-state index in [9.17, 15) is 0 Å². The standard InChI is InChI=1S/C13H17BrN4S/c1-2-19-10-4-3-9(6-10)18-12-11(17-13(18)15)5-8(14)7-16-12/h5,7,9-10H,2-4,6H2,1H3,(H2,15,17). The molecule has 0 aromatic carbocycles. The van der Waals surface area contributed by atoms with Gasteiger partial charge in [0.15, 0.2) is 5.65 Å². The molecule has 0 saturated heterocycles. The minimum atomic E-state index is 0.447. The van der Waals surface area contributed by atoms with Gasteiger partial charge in [-0.2, -0.15) is 11.8 Å². The molecule has 2 aromatic rings. The predicted molar refractivity (Wildman–Crippen MR) is 84.4 cm³/mol. The van der Waals surface area contributed by atoms with Crippen molar-refractivity contribution < 1.29 is 0 Å². The van der Waals surface area contributed by atoms with Crippen LogP contribution >= 0.6 is 27.7 Å². The fourth-order valence-electron chi connectivity index (χ4n) is 2.87. The number of anilines is 1. The number of aromatic nitrogens is 3. The van der Waals surface area contributed by atoms with Gasteiger partial charge in [-0.05, 0) is 47.0 Å². The summed E-state index contributed by atoms with van der Waals surface area (Å²) < 4.78 is 3.06. The maximum atomic E-state index is 6.09. The first-order chi connectivity index (χ1) is 9.19. The second kappa shape index (κ2) is 5.32. The summed E-state index contributed by atoms with van der Waals surface area (Å²) in [6, 6.07) is 2.42. The number of hydrogen-bond donors (Lipinski definition) is 1. The molecular formula is C13H17BrN4S. The number of hydrogen-bond acceptors (Lipinski definition) is 4. The molecule has 2 N–H and O–H groups in total. The molecule has 1 aliphatic rings. The fourth-order valence-corrected chi connectivity index (χ4v) is 4.33. The van der Waals surface area contributed by atoms with Crippen LogP contribution in [0.3, 0.4) is 0 Å². The Bertz CT molecular complexity index is 598. The first kappa shape index (κ1) is 13.2. The highest BCUT2D eigenvalue weighted by atomic mass is 79.9. The van der Waals surface area contributed by atoms with E-state index >= 15 is 0 Å². The van der Waals surface area contributed by atoms with Crippen molar-refractivity contribution in [2.75, 3.05) is 11.5 Å². The summed E-state index contributed by atoms with van der Waals surface area (Å²) >= 11 is 5.48. The lowest BCUT2D eigenvalue weighted by Gasteiger charge is -2.14. The van der Waals surface area contributed by atoms with E-state index < -0.39 is 0 Å². The number of thioether (sulfide) groups is 1. The summed E-state index contributed by atoms with van der Waals surface area (Å²) in [4.78, 5) is 8.91. The van der Waals surface area contributed by atoms with E-state index in [-0.39, 0.29) is 0 Å². The molecule has 1 aliphatic carbocycles. The average molecular weight is 341 g/mol. The number of halogens is 1. The molecular weight excluding hydrogens is 324 g/mol. The zero-order chi connectivity index (χ0) is 13.4. The lowest BCUT2D eigenvalue weighted by molar-refractivity contribution is 0.537. The van der Waals surface area contributed by atoms with Gasteiger partial charge < -0.3 is 5.73 Å². The van der Waals surface area contributed by atoms with Crippen molar-refractivity contribution in [1.82, 2.24) is 14.5 Å². The number of rotatable bonds is 3. The Morgan fingerprint density at radius 3 is 3.16 bits per heavy atom. The molecule has 0 aliphatic heterocycles. The number of nitrogens with zero attached hydrogens (tertiary/aromatic N) is 3. The molecule has 2 aromatic heterocycles. The molecule has 2 unspecified atom stereocenters. The highest BCUT2D eigenvalue weighted by Crippen LogP contribution is 2.39. The number of imidazole rings is 1. The third kappa shape index (κ3) is 2.48. The van der Waals surface area contributed by atoms with Gasteiger partial charge >= 0.3 is 0 Å². The van der Waals surface area contributed by atoms with E-state index in [1.165, 1.54) is 25.0 Å². The van der Waals surface area contributed by atoms with Crippen molar-refractivity contribution in [3.05, 3.63) is 16.7 Å². The van der Waals surface area contributed by atoms with Gasteiger partial charge in [0.05, 0.1) is 0 Å². The molecule has 19 heavy (non-hydrogen) atoms. The summed E-state index contributed by atoms with van der Waals surface area (Å²) in [6.07, 6.45) is 5.42. The lowest BCUT2D eigenvalue weighted by Crippen LogP contribution is -2.10. The first-order valence-electron chi connectivity index (χ1n) is 6.59. The number of pyridine rings is 1. The quantitative estimate of drug-likeness (QED) is 0.926. The van der Waals surface area contributed by atoms with Crippen LogP contribution < -0.4 is 5.73 Å². The van der Waals surface area contributed by atoms with Crippen LogP contribution in [0, 0.1) is 0 Å². The van der Waals surface area contributed by atoms with E-state index in [0.717, 1.165) is 20.9 Å². The summed E-state index contributed by atoms with van der Waals surface area (Å²) in [5.41, 5.74) is 7.88. The van der Waals surface area contributed by atoms with Crippen molar-refractivity contribution in [1.29, 1.82) is 0 Å². The van der Waals surface area contributed by atoms with E-state index in [4.69, 9.17) is 5.73 Å². The smallest absolute Gasteiger partial charge is 0.202 e. The monoisotopic (exact) mass is 340 g/mol. The molecule has 1 saturated carbocycles. The number of nitrogens with two attached hydrogens (primary N) is 1. The van der Waals surface area contributed by atoms with Gasteiger partial charge in [-0.1, -0.05) is 6.92 Å². The van der Waals surface area contributed by atoms with Crippen molar-refractivity contribution in [2.45, 2.75) is 37.5 Å². The number of nitrogen functional groups attached to an aromatic ring is 1. The molecule has 0 radical (unpaired) electrons. The van der Waals surface area contributed by atoms with E-state index in [0.29, 0.717) is 12.0 Å². The molecule has 102 valence electrons. The zero-order valence-electron chi connectivity index (χ0n) is 10.8. The normalized spacial score (nSPS) is 23.3. The van der Waals surface area contributed by atoms with Gasteiger partial charge in [-0.3, -0.25) is 4.57 Å². The second-order valence-corrected chi connectivity index (χ2v) is 7.37. The highest BCUT2D eigenvalue weighted by Gasteiger charge is 2.28. The SMILES string of the molecule is CCSC1CCC(n2c(N)nc3cc(Br)cnc32)C1. The van der Waals surface area contributed by atoms with Gasteiger partial charge in [-0.15, -0.1) is 0 Å². The predicted octanol–water partition coefficient (Wildman–Crippen LogP) is 3.62.